The molecule has 2 aromatic carbocycles. The molecule has 27 heavy (non-hydrogen) atoms. The van der Waals surface area contributed by atoms with Gasteiger partial charge in [0.15, 0.2) is 0 Å². The van der Waals surface area contributed by atoms with Crippen LogP contribution in [-0.2, 0) is 10.0 Å². The number of sulfonamides is 1. The third kappa shape index (κ3) is 4.15. The van der Waals surface area contributed by atoms with Crippen molar-refractivity contribution in [3.8, 4) is 0 Å². The molecule has 0 atom stereocenters. The van der Waals surface area contributed by atoms with Gasteiger partial charge in [-0.3, -0.25) is 9.78 Å². The highest BCUT2D eigenvalue weighted by atomic mass is 32.2. The molecule has 2 N–H and O–H groups in total. The Kier molecular flexibility index (Phi) is 4.63. The van der Waals surface area contributed by atoms with Gasteiger partial charge in [0.25, 0.3) is 5.91 Å². The van der Waals surface area contributed by atoms with Gasteiger partial charge >= 0.3 is 0 Å². The van der Waals surface area contributed by atoms with Crippen LogP contribution in [0.3, 0.4) is 0 Å². The molecule has 7 heteroatoms. The van der Waals surface area contributed by atoms with E-state index in [0.29, 0.717) is 18.2 Å². The van der Waals surface area contributed by atoms with Gasteiger partial charge in [0.1, 0.15) is 0 Å². The fourth-order valence-electron chi connectivity index (χ4n) is 2.79. The van der Waals surface area contributed by atoms with Crippen LogP contribution in [0.1, 0.15) is 23.2 Å². The van der Waals surface area contributed by atoms with E-state index in [-0.39, 0.29) is 16.4 Å². The summed E-state index contributed by atoms with van der Waals surface area (Å²) in [5.41, 5.74) is 1.75. The molecule has 0 spiro atoms. The van der Waals surface area contributed by atoms with E-state index < -0.39 is 10.0 Å². The molecule has 0 aliphatic heterocycles. The first-order chi connectivity index (χ1) is 13.0. The van der Waals surface area contributed by atoms with E-state index >= 15 is 0 Å². The van der Waals surface area contributed by atoms with E-state index in [1.54, 1.807) is 24.4 Å². The first kappa shape index (κ1) is 17.6. The van der Waals surface area contributed by atoms with Gasteiger partial charge in [-0.15, -0.1) is 0 Å². The maximum Gasteiger partial charge on any atom is 0.255 e. The Morgan fingerprint density at radius 1 is 1.07 bits per heavy atom. The smallest absolute Gasteiger partial charge is 0.255 e. The van der Waals surface area contributed by atoms with Crippen LogP contribution in [0.25, 0.3) is 10.9 Å². The Morgan fingerprint density at radius 3 is 2.74 bits per heavy atom. The summed E-state index contributed by atoms with van der Waals surface area (Å²) in [7, 11) is -3.61. The van der Waals surface area contributed by atoms with Crippen molar-refractivity contribution in [2.75, 3.05) is 11.9 Å². The molecule has 1 heterocycles. The normalized spacial score (nSPS) is 14.2. The second-order valence-corrected chi connectivity index (χ2v) is 8.46. The summed E-state index contributed by atoms with van der Waals surface area (Å²) in [6.45, 7) is 0.448. The predicted octanol–water partition coefficient (Wildman–Crippen LogP) is 3.18. The lowest BCUT2D eigenvalue weighted by atomic mass is 10.1. The van der Waals surface area contributed by atoms with Crippen molar-refractivity contribution in [2.45, 2.75) is 17.7 Å². The van der Waals surface area contributed by atoms with E-state index in [1.165, 1.54) is 12.1 Å². The van der Waals surface area contributed by atoms with Crippen molar-refractivity contribution in [1.29, 1.82) is 0 Å². The third-order valence-corrected chi connectivity index (χ3v) is 5.95. The molecule has 1 amide bonds. The Labute approximate surface area is 157 Å². The van der Waals surface area contributed by atoms with Crippen molar-refractivity contribution in [2.24, 2.45) is 5.92 Å². The van der Waals surface area contributed by atoms with E-state index in [0.717, 1.165) is 23.7 Å². The molecule has 0 unspecified atom stereocenters. The fourth-order valence-corrected chi connectivity index (χ4v) is 3.96. The van der Waals surface area contributed by atoms with Gasteiger partial charge in [-0.1, -0.05) is 12.1 Å². The van der Waals surface area contributed by atoms with Crippen LogP contribution in [0.4, 0.5) is 5.69 Å². The molecule has 0 bridgehead atoms. The molecule has 6 nitrogen and oxygen atoms in total. The number of rotatable bonds is 6. The van der Waals surface area contributed by atoms with Crippen LogP contribution >= 0.6 is 0 Å². The fraction of sp³-hybridized carbons (Fsp3) is 0.200. The molecule has 0 radical (unpaired) electrons. The van der Waals surface area contributed by atoms with E-state index in [9.17, 15) is 13.2 Å². The molecule has 138 valence electrons. The Balaban J connectivity index is 1.52. The van der Waals surface area contributed by atoms with E-state index in [4.69, 9.17) is 0 Å². The monoisotopic (exact) mass is 381 g/mol. The highest BCUT2D eigenvalue weighted by molar-refractivity contribution is 7.89. The molecule has 1 aliphatic carbocycles. The van der Waals surface area contributed by atoms with Gasteiger partial charge < -0.3 is 5.32 Å². The maximum atomic E-state index is 12.6. The third-order valence-electron chi connectivity index (χ3n) is 4.53. The highest BCUT2D eigenvalue weighted by Gasteiger charge is 2.24. The average molecular weight is 381 g/mol. The second kappa shape index (κ2) is 7.09. The molecule has 1 aliphatic rings. The summed E-state index contributed by atoms with van der Waals surface area (Å²) >= 11 is 0. The van der Waals surface area contributed by atoms with Crippen molar-refractivity contribution in [1.82, 2.24) is 9.71 Å². The molecule has 4 rings (SSSR count). The number of aromatic nitrogens is 1. The lowest BCUT2D eigenvalue weighted by Crippen LogP contribution is -2.26. The van der Waals surface area contributed by atoms with Gasteiger partial charge in [-0.25, -0.2) is 13.1 Å². The molecule has 0 saturated heterocycles. The number of nitrogens with one attached hydrogen (secondary N) is 2. The van der Waals surface area contributed by atoms with Gasteiger partial charge in [0.05, 0.1) is 10.4 Å². The topological polar surface area (TPSA) is 88.2 Å². The number of amides is 1. The zero-order valence-corrected chi connectivity index (χ0v) is 15.4. The predicted molar refractivity (Wildman–Crippen MR) is 104 cm³/mol. The molecular formula is C20H19N3O3S. The highest BCUT2D eigenvalue weighted by Crippen LogP contribution is 2.28. The average Bonchev–Trinajstić information content (AvgIpc) is 3.51. The molecule has 1 saturated carbocycles. The SMILES string of the molecule is O=C(Nc1ccc2ncccc2c1)c1cccc(S(=O)(=O)NCC2CC2)c1. The largest absolute Gasteiger partial charge is 0.322 e. The van der Waals surface area contributed by atoms with Gasteiger partial charge in [0, 0.05) is 29.4 Å². The zero-order valence-electron chi connectivity index (χ0n) is 14.6. The summed E-state index contributed by atoms with van der Waals surface area (Å²) in [4.78, 5) is 16.9. The number of carbonyl (C=O) groups is 1. The van der Waals surface area contributed by atoms with Crippen LogP contribution in [-0.4, -0.2) is 25.9 Å². The summed E-state index contributed by atoms with van der Waals surface area (Å²) in [6.07, 6.45) is 3.84. The van der Waals surface area contributed by atoms with Gasteiger partial charge in [0.2, 0.25) is 10.0 Å². The molecule has 3 aromatic rings. The number of hydrogen-bond acceptors (Lipinski definition) is 4. The van der Waals surface area contributed by atoms with E-state index in [2.05, 4.69) is 15.0 Å². The lowest BCUT2D eigenvalue weighted by molar-refractivity contribution is 0.102. The number of nitrogens with zero attached hydrogens (tertiary/aromatic N) is 1. The number of hydrogen-bond donors (Lipinski definition) is 2. The first-order valence-electron chi connectivity index (χ1n) is 8.77. The minimum Gasteiger partial charge on any atom is -0.322 e. The standard InChI is InChI=1S/C20H19N3O3S/c24-20(23-17-8-9-19-15(11-17)4-2-10-21-19)16-3-1-5-18(12-16)27(25,26)22-13-14-6-7-14/h1-5,8-12,14,22H,6-7,13H2,(H,23,24). The van der Waals surface area contributed by atoms with Gasteiger partial charge in [-0.05, 0) is 61.2 Å². The maximum absolute atomic E-state index is 12.6. The van der Waals surface area contributed by atoms with Crippen molar-refractivity contribution in [3.05, 3.63) is 66.4 Å². The summed E-state index contributed by atoms with van der Waals surface area (Å²) < 4.78 is 27.4. The number of fused-ring (bicyclic) bond motifs is 1. The number of benzene rings is 2. The summed E-state index contributed by atoms with van der Waals surface area (Å²) in [5.74, 6) is 0.0751. The van der Waals surface area contributed by atoms with Crippen molar-refractivity contribution in [3.63, 3.8) is 0 Å². The Morgan fingerprint density at radius 2 is 1.93 bits per heavy atom. The first-order valence-corrected chi connectivity index (χ1v) is 10.3. The molecular weight excluding hydrogens is 362 g/mol. The minimum absolute atomic E-state index is 0.0958. The molecule has 1 aromatic heterocycles. The summed E-state index contributed by atoms with van der Waals surface area (Å²) in [6, 6.07) is 15.2. The van der Waals surface area contributed by atoms with Crippen LogP contribution < -0.4 is 10.0 Å². The Bertz CT molecular complexity index is 1110. The molecule has 1 fully saturated rings. The summed E-state index contributed by atoms with van der Waals surface area (Å²) in [5, 5.41) is 3.72. The lowest BCUT2D eigenvalue weighted by Gasteiger charge is -2.09. The number of carbonyl (C=O) groups excluding carboxylic acids is 1. The van der Waals surface area contributed by atoms with Gasteiger partial charge in [-0.2, -0.15) is 0 Å². The van der Waals surface area contributed by atoms with E-state index in [1.807, 2.05) is 24.3 Å². The number of pyridine rings is 1. The van der Waals surface area contributed by atoms with Crippen LogP contribution in [0.15, 0.2) is 65.7 Å². The van der Waals surface area contributed by atoms with Crippen molar-refractivity contribution < 1.29 is 13.2 Å². The second-order valence-electron chi connectivity index (χ2n) is 6.69. The van der Waals surface area contributed by atoms with Crippen LogP contribution in [0.5, 0.6) is 0 Å². The quantitative estimate of drug-likeness (QED) is 0.686. The zero-order chi connectivity index (χ0) is 18.9. The van der Waals surface area contributed by atoms with Crippen molar-refractivity contribution >= 4 is 32.5 Å². The Hall–Kier alpha value is -2.77. The van der Waals surface area contributed by atoms with Crippen LogP contribution in [0.2, 0.25) is 0 Å². The minimum atomic E-state index is -3.61. The number of anilines is 1. The van der Waals surface area contributed by atoms with Crippen LogP contribution in [0, 0.1) is 5.92 Å².